The topological polar surface area (TPSA) is 50.7 Å². The molecule has 2 N–H and O–H groups in total. The number of aliphatic hydroxyl groups is 1. The Balaban J connectivity index is 2.00. The van der Waals surface area contributed by atoms with Crippen molar-refractivity contribution in [2.75, 3.05) is 20.3 Å². The van der Waals surface area contributed by atoms with Crippen LogP contribution < -0.4 is 10.1 Å². The van der Waals surface area contributed by atoms with E-state index in [2.05, 4.69) is 27.3 Å². The molecule has 2 atom stereocenters. The van der Waals surface area contributed by atoms with Crippen LogP contribution in [0.1, 0.15) is 31.2 Å². The van der Waals surface area contributed by atoms with E-state index in [1.54, 1.807) is 7.11 Å². The maximum Gasteiger partial charge on any atom is 0.124 e. The molecule has 0 amide bonds. The monoisotopic (exact) mass is 357 g/mol. The molecule has 4 nitrogen and oxygen atoms in total. The molecule has 0 heterocycles. The van der Waals surface area contributed by atoms with Crippen molar-refractivity contribution in [3.63, 3.8) is 0 Å². The average Bonchev–Trinajstić information content (AvgIpc) is 2.48. The lowest BCUT2D eigenvalue weighted by Crippen LogP contribution is -2.35. The second-order valence-corrected chi connectivity index (χ2v) is 6.35. The Kier molecular flexibility index (Phi) is 6.96. The molecule has 1 aromatic rings. The number of hydrogen-bond acceptors (Lipinski definition) is 4. The van der Waals surface area contributed by atoms with Gasteiger partial charge in [0.2, 0.25) is 0 Å². The Morgan fingerprint density at radius 3 is 2.90 bits per heavy atom. The summed E-state index contributed by atoms with van der Waals surface area (Å²) in [7, 11) is 1.69. The second kappa shape index (κ2) is 8.73. The summed E-state index contributed by atoms with van der Waals surface area (Å²) in [6.07, 6.45) is 3.54. The third-order valence-electron chi connectivity index (χ3n) is 3.77. The second-order valence-electron chi connectivity index (χ2n) is 5.43. The van der Waals surface area contributed by atoms with Gasteiger partial charge in [0.1, 0.15) is 11.9 Å². The van der Waals surface area contributed by atoms with Crippen LogP contribution in [0.3, 0.4) is 0 Å². The molecule has 21 heavy (non-hydrogen) atoms. The molecule has 0 saturated heterocycles. The number of halogens is 1. The van der Waals surface area contributed by atoms with Crippen LogP contribution in [0.4, 0.5) is 0 Å². The first-order valence-electron chi connectivity index (χ1n) is 7.53. The van der Waals surface area contributed by atoms with Crippen molar-refractivity contribution in [1.29, 1.82) is 0 Å². The Morgan fingerprint density at radius 1 is 1.33 bits per heavy atom. The zero-order valence-corrected chi connectivity index (χ0v) is 14.1. The average molecular weight is 358 g/mol. The fraction of sp³-hybridized carbons (Fsp3) is 0.625. The molecular weight excluding hydrogens is 334 g/mol. The van der Waals surface area contributed by atoms with E-state index in [-0.39, 0.29) is 12.2 Å². The van der Waals surface area contributed by atoms with Crippen molar-refractivity contribution < 1.29 is 14.6 Å². The summed E-state index contributed by atoms with van der Waals surface area (Å²) in [5, 5.41) is 13.4. The Hall–Kier alpha value is -0.620. The summed E-state index contributed by atoms with van der Waals surface area (Å²) in [6.45, 7) is 2.21. The van der Waals surface area contributed by atoms with Gasteiger partial charge in [0.05, 0.1) is 12.7 Å². The minimum Gasteiger partial charge on any atom is -0.487 e. The number of hydrogen-bond donors (Lipinski definition) is 2. The highest BCUT2D eigenvalue weighted by atomic mass is 79.9. The molecule has 5 heteroatoms. The molecule has 0 aromatic heterocycles. The summed E-state index contributed by atoms with van der Waals surface area (Å²) in [6, 6.07) is 6.01. The van der Waals surface area contributed by atoms with Gasteiger partial charge in [-0.2, -0.15) is 0 Å². The molecule has 1 fully saturated rings. The van der Waals surface area contributed by atoms with Gasteiger partial charge >= 0.3 is 0 Å². The van der Waals surface area contributed by atoms with Gasteiger partial charge in [-0.3, -0.25) is 0 Å². The largest absolute Gasteiger partial charge is 0.487 e. The molecule has 0 bridgehead atoms. The van der Waals surface area contributed by atoms with Crippen LogP contribution in [-0.2, 0) is 11.3 Å². The highest BCUT2D eigenvalue weighted by Crippen LogP contribution is 2.28. The fourth-order valence-electron chi connectivity index (χ4n) is 2.58. The maximum atomic E-state index is 10.1. The lowest BCUT2D eigenvalue weighted by atomic mass is 9.95. The molecule has 1 aliphatic rings. The number of methoxy groups -OCH3 is 1. The summed E-state index contributed by atoms with van der Waals surface area (Å²) >= 11 is 3.50. The normalized spacial score (nSPS) is 22.2. The highest BCUT2D eigenvalue weighted by Gasteiger charge is 2.25. The first-order valence-corrected chi connectivity index (χ1v) is 8.33. The maximum absolute atomic E-state index is 10.1. The SMILES string of the molecule is COCCNCc1cc(Br)ccc1OC1CCCCC1O. The van der Waals surface area contributed by atoms with Gasteiger partial charge in [0.25, 0.3) is 0 Å². The van der Waals surface area contributed by atoms with Crippen LogP contribution >= 0.6 is 15.9 Å². The zero-order chi connectivity index (χ0) is 15.1. The zero-order valence-electron chi connectivity index (χ0n) is 12.5. The van der Waals surface area contributed by atoms with Crippen LogP contribution in [0.5, 0.6) is 5.75 Å². The van der Waals surface area contributed by atoms with Gasteiger partial charge in [-0.05, 0) is 37.5 Å². The summed E-state index contributed by atoms with van der Waals surface area (Å²) in [5.41, 5.74) is 1.10. The van der Waals surface area contributed by atoms with Crippen molar-refractivity contribution in [2.45, 2.75) is 44.4 Å². The number of rotatable bonds is 7. The van der Waals surface area contributed by atoms with Crippen LogP contribution in [0.2, 0.25) is 0 Å². The van der Waals surface area contributed by atoms with Gasteiger partial charge < -0.3 is 19.9 Å². The molecule has 1 aliphatic carbocycles. The summed E-state index contributed by atoms with van der Waals surface area (Å²) in [5.74, 6) is 0.856. The Morgan fingerprint density at radius 2 is 2.14 bits per heavy atom. The van der Waals surface area contributed by atoms with E-state index < -0.39 is 0 Å². The van der Waals surface area contributed by atoms with E-state index >= 15 is 0 Å². The number of aliphatic hydroxyl groups excluding tert-OH is 1. The number of benzene rings is 1. The predicted molar refractivity (Wildman–Crippen MR) is 86.6 cm³/mol. The van der Waals surface area contributed by atoms with Gasteiger partial charge in [-0.15, -0.1) is 0 Å². The first-order chi connectivity index (χ1) is 10.2. The molecule has 0 radical (unpaired) electrons. The van der Waals surface area contributed by atoms with Crippen molar-refractivity contribution >= 4 is 15.9 Å². The van der Waals surface area contributed by atoms with Gasteiger partial charge in [0, 0.05) is 30.2 Å². The van der Waals surface area contributed by atoms with Gasteiger partial charge in [0.15, 0.2) is 0 Å². The van der Waals surface area contributed by atoms with Crippen molar-refractivity contribution in [2.24, 2.45) is 0 Å². The lowest BCUT2D eigenvalue weighted by Gasteiger charge is -2.29. The molecule has 118 valence electrons. The number of nitrogens with one attached hydrogen (secondary N) is 1. The minimum atomic E-state index is -0.350. The molecule has 2 unspecified atom stereocenters. The quantitative estimate of drug-likeness (QED) is 0.736. The van der Waals surface area contributed by atoms with Crippen molar-refractivity contribution in [1.82, 2.24) is 5.32 Å². The third kappa shape index (κ3) is 5.25. The van der Waals surface area contributed by atoms with E-state index in [1.165, 1.54) is 0 Å². The molecule has 0 aliphatic heterocycles. The van der Waals surface area contributed by atoms with E-state index in [0.717, 1.165) is 54.6 Å². The van der Waals surface area contributed by atoms with E-state index in [4.69, 9.17) is 9.47 Å². The van der Waals surface area contributed by atoms with Crippen LogP contribution in [-0.4, -0.2) is 37.6 Å². The molecule has 1 aromatic carbocycles. The van der Waals surface area contributed by atoms with Gasteiger partial charge in [-0.1, -0.05) is 22.4 Å². The molecular formula is C16H24BrNO3. The van der Waals surface area contributed by atoms with Crippen LogP contribution in [0, 0.1) is 0 Å². The Bertz CT molecular complexity index is 442. The Labute approximate surface area is 135 Å². The first kappa shape index (κ1) is 16.7. The fourth-order valence-corrected chi connectivity index (χ4v) is 2.98. The van der Waals surface area contributed by atoms with Gasteiger partial charge in [-0.25, -0.2) is 0 Å². The van der Waals surface area contributed by atoms with Crippen LogP contribution in [0.25, 0.3) is 0 Å². The van der Waals surface area contributed by atoms with Crippen molar-refractivity contribution in [3.05, 3.63) is 28.2 Å². The number of ether oxygens (including phenoxy) is 2. The van der Waals surface area contributed by atoms with E-state index in [0.29, 0.717) is 6.61 Å². The van der Waals surface area contributed by atoms with Crippen molar-refractivity contribution in [3.8, 4) is 5.75 Å². The van der Waals surface area contributed by atoms with E-state index in [1.807, 2.05) is 12.1 Å². The lowest BCUT2D eigenvalue weighted by molar-refractivity contribution is 0.00634. The predicted octanol–water partition coefficient (Wildman–Crippen LogP) is 2.87. The molecule has 2 rings (SSSR count). The minimum absolute atomic E-state index is 0.0855. The summed E-state index contributed by atoms with van der Waals surface area (Å²) in [4.78, 5) is 0. The summed E-state index contributed by atoms with van der Waals surface area (Å²) < 4.78 is 12.1. The third-order valence-corrected chi connectivity index (χ3v) is 4.26. The van der Waals surface area contributed by atoms with Crippen LogP contribution in [0.15, 0.2) is 22.7 Å². The smallest absolute Gasteiger partial charge is 0.124 e. The molecule has 0 spiro atoms. The molecule has 1 saturated carbocycles. The highest BCUT2D eigenvalue weighted by molar-refractivity contribution is 9.10. The van der Waals surface area contributed by atoms with E-state index in [9.17, 15) is 5.11 Å². The standard InChI is InChI=1S/C16H24BrNO3/c1-20-9-8-18-11-12-10-13(17)6-7-15(12)21-16-5-3-2-4-14(16)19/h6-7,10,14,16,18-19H,2-5,8-9,11H2,1H3.